The number of nitrogens with two attached hydrogens (primary N) is 1. The summed E-state index contributed by atoms with van der Waals surface area (Å²) >= 11 is 0. The van der Waals surface area contributed by atoms with Crippen molar-refractivity contribution in [3.63, 3.8) is 0 Å². The fourth-order valence-electron chi connectivity index (χ4n) is 1.80. The zero-order chi connectivity index (χ0) is 12.8. The SMILES string of the molecule is CCNc1ccc(NCc2ccccc2N)cc1. The average molecular weight is 241 g/mol. The number of hydrogen-bond donors (Lipinski definition) is 3. The summed E-state index contributed by atoms with van der Waals surface area (Å²) in [7, 11) is 0. The zero-order valence-electron chi connectivity index (χ0n) is 10.6. The van der Waals surface area contributed by atoms with E-state index in [1.54, 1.807) is 0 Å². The Morgan fingerprint density at radius 1 is 0.889 bits per heavy atom. The number of nitrogens with one attached hydrogen (secondary N) is 2. The second-order valence-electron chi connectivity index (χ2n) is 4.16. The molecule has 2 aromatic rings. The van der Waals surface area contributed by atoms with Gasteiger partial charge >= 0.3 is 0 Å². The van der Waals surface area contributed by atoms with Crippen molar-refractivity contribution in [1.82, 2.24) is 0 Å². The fourth-order valence-corrected chi connectivity index (χ4v) is 1.80. The van der Waals surface area contributed by atoms with Gasteiger partial charge in [-0.15, -0.1) is 0 Å². The molecule has 0 aliphatic heterocycles. The Bertz CT molecular complexity index is 491. The van der Waals surface area contributed by atoms with Crippen LogP contribution in [0.15, 0.2) is 48.5 Å². The molecule has 0 saturated heterocycles. The summed E-state index contributed by atoms with van der Waals surface area (Å²) < 4.78 is 0. The summed E-state index contributed by atoms with van der Waals surface area (Å²) in [5.41, 5.74) is 10.1. The largest absolute Gasteiger partial charge is 0.398 e. The molecule has 0 fully saturated rings. The van der Waals surface area contributed by atoms with Crippen LogP contribution in [0.5, 0.6) is 0 Å². The molecule has 0 bridgehead atoms. The number of anilines is 3. The molecule has 0 aromatic heterocycles. The van der Waals surface area contributed by atoms with Crippen molar-refractivity contribution in [1.29, 1.82) is 0 Å². The van der Waals surface area contributed by atoms with E-state index < -0.39 is 0 Å². The van der Waals surface area contributed by atoms with Crippen LogP contribution >= 0.6 is 0 Å². The molecule has 0 saturated carbocycles. The Balaban J connectivity index is 1.96. The first kappa shape index (κ1) is 12.3. The summed E-state index contributed by atoms with van der Waals surface area (Å²) in [5, 5.41) is 6.63. The quantitative estimate of drug-likeness (QED) is 0.704. The van der Waals surface area contributed by atoms with Crippen molar-refractivity contribution in [3.05, 3.63) is 54.1 Å². The molecule has 0 radical (unpaired) electrons. The summed E-state index contributed by atoms with van der Waals surface area (Å²) in [6, 6.07) is 16.2. The van der Waals surface area contributed by atoms with Crippen LogP contribution in [-0.4, -0.2) is 6.54 Å². The second kappa shape index (κ2) is 5.96. The minimum atomic E-state index is 0.743. The van der Waals surface area contributed by atoms with Crippen LogP contribution in [-0.2, 0) is 6.54 Å². The van der Waals surface area contributed by atoms with Gasteiger partial charge in [-0.1, -0.05) is 18.2 Å². The van der Waals surface area contributed by atoms with E-state index in [4.69, 9.17) is 5.73 Å². The third-order valence-electron chi connectivity index (χ3n) is 2.80. The minimum absolute atomic E-state index is 0.743. The van der Waals surface area contributed by atoms with Gasteiger partial charge in [0.05, 0.1) is 0 Å². The summed E-state index contributed by atoms with van der Waals surface area (Å²) in [5.74, 6) is 0. The second-order valence-corrected chi connectivity index (χ2v) is 4.16. The maximum absolute atomic E-state index is 5.90. The molecule has 18 heavy (non-hydrogen) atoms. The molecule has 0 amide bonds. The van der Waals surface area contributed by atoms with Crippen LogP contribution in [0.4, 0.5) is 17.1 Å². The van der Waals surface area contributed by atoms with Crippen molar-refractivity contribution in [2.24, 2.45) is 0 Å². The maximum atomic E-state index is 5.90. The highest BCUT2D eigenvalue weighted by molar-refractivity contribution is 5.55. The Morgan fingerprint density at radius 3 is 2.11 bits per heavy atom. The van der Waals surface area contributed by atoms with Crippen LogP contribution in [0.3, 0.4) is 0 Å². The first-order chi connectivity index (χ1) is 8.79. The number of benzene rings is 2. The molecule has 0 aliphatic rings. The van der Waals surface area contributed by atoms with Gasteiger partial charge in [-0.25, -0.2) is 0 Å². The van der Waals surface area contributed by atoms with Crippen molar-refractivity contribution < 1.29 is 0 Å². The van der Waals surface area contributed by atoms with Gasteiger partial charge in [0.25, 0.3) is 0 Å². The van der Waals surface area contributed by atoms with Crippen molar-refractivity contribution in [3.8, 4) is 0 Å². The fraction of sp³-hybridized carbons (Fsp3) is 0.200. The average Bonchev–Trinajstić information content (AvgIpc) is 2.40. The molecular weight excluding hydrogens is 222 g/mol. The molecule has 2 aromatic carbocycles. The molecule has 3 nitrogen and oxygen atoms in total. The Morgan fingerprint density at radius 2 is 1.50 bits per heavy atom. The Labute approximate surface area is 108 Å². The van der Waals surface area contributed by atoms with Gasteiger partial charge in [0.1, 0.15) is 0 Å². The molecular formula is C15H19N3. The molecule has 4 N–H and O–H groups in total. The van der Waals surface area contributed by atoms with Gasteiger partial charge in [-0.2, -0.15) is 0 Å². The highest BCUT2D eigenvalue weighted by atomic mass is 14.9. The number of hydrogen-bond acceptors (Lipinski definition) is 3. The maximum Gasteiger partial charge on any atom is 0.0421 e. The molecule has 0 atom stereocenters. The normalized spacial score (nSPS) is 10.1. The van der Waals surface area contributed by atoms with Gasteiger partial charge in [0, 0.05) is 30.2 Å². The molecule has 0 unspecified atom stereocenters. The van der Waals surface area contributed by atoms with Crippen LogP contribution in [0.25, 0.3) is 0 Å². The van der Waals surface area contributed by atoms with Crippen molar-refractivity contribution in [2.75, 3.05) is 22.9 Å². The van der Waals surface area contributed by atoms with Crippen LogP contribution in [0.2, 0.25) is 0 Å². The molecule has 94 valence electrons. The lowest BCUT2D eigenvalue weighted by Crippen LogP contribution is -2.03. The minimum Gasteiger partial charge on any atom is -0.398 e. The topological polar surface area (TPSA) is 50.1 Å². The third kappa shape index (κ3) is 3.17. The highest BCUT2D eigenvalue weighted by Crippen LogP contribution is 2.16. The summed E-state index contributed by atoms with van der Waals surface area (Å²) in [4.78, 5) is 0. The summed E-state index contributed by atoms with van der Waals surface area (Å²) in [6.07, 6.45) is 0. The van der Waals surface area contributed by atoms with E-state index in [0.29, 0.717) is 0 Å². The number of para-hydroxylation sites is 1. The van der Waals surface area contributed by atoms with E-state index in [2.05, 4.69) is 41.8 Å². The lowest BCUT2D eigenvalue weighted by Gasteiger charge is -2.09. The Hall–Kier alpha value is -2.16. The van der Waals surface area contributed by atoms with E-state index in [0.717, 1.165) is 35.7 Å². The van der Waals surface area contributed by atoms with Gasteiger partial charge in [0.2, 0.25) is 0 Å². The molecule has 3 heteroatoms. The lowest BCUT2D eigenvalue weighted by atomic mass is 10.2. The first-order valence-electron chi connectivity index (χ1n) is 6.21. The zero-order valence-corrected chi connectivity index (χ0v) is 10.6. The molecule has 0 aliphatic carbocycles. The summed E-state index contributed by atoms with van der Waals surface area (Å²) in [6.45, 7) is 3.77. The van der Waals surface area contributed by atoms with Gasteiger partial charge in [0.15, 0.2) is 0 Å². The number of rotatable bonds is 5. The number of nitrogen functional groups attached to an aromatic ring is 1. The van der Waals surface area contributed by atoms with Crippen LogP contribution in [0.1, 0.15) is 12.5 Å². The molecule has 0 heterocycles. The van der Waals surface area contributed by atoms with E-state index in [1.807, 2.05) is 24.3 Å². The van der Waals surface area contributed by atoms with Gasteiger partial charge in [-0.3, -0.25) is 0 Å². The predicted molar refractivity (Wildman–Crippen MR) is 78.8 cm³/mol. The smallest absolute Gasteiger partial charge is 0.0421 e. The lowest BCUT2D eigenvalue weighted by molar-refractivity contribution is 1.15. The van der Waals surface area contributed by atoms with E-state index in [1.165, 1.54) is 0 Å². The third-order valence-corrected chi connectivity index (χ3v) is 2.80. The standard InChI is InChI=1S/C15H19N3/c1-2-17-13-7-9-14(10-8-13)18-11-12-5-3-4-6-15(12)16/h3-10,17-18H,2,11,16H2,1H3. The van der Waals surface area contributed by atoms with E-state index in [9.17, 15) is 0 Å². The molecule has 0 spiro atoms. The van der Waals surface area contributed by atoms with Gasteiger partial charge in [-0.05, 0) is 42.8 Å². The first-order valence-corrected chi connectivity index (χ1v) is 6.21. The van der Waals surface area contributed by atoms with Crippen LogP contribution in [0, 0.1) is 0 Å². The predicted octanol–water partition coefficient (Wildman–Crippen LogP) is 3.31. The van der Waals surface area contributed by atoms with Crippen molar-refractivity contribution >= 4 is 17.1 Å². The monoisotopic (exact) mass is 241 g/mol. The van der Waals surface area contributed by atoms with Gasteiger partial charge < -0.3 is 16.4 Å². The van der Waals surface area contributed by atoms with Crippen LogP contribution < -0.4 is 16.4 Å². The van der Waals surface area contributed by atoms with Crippen molar-refractivity contribution in [2.45, 2.75) is 13.5 Å². The van der Waals surface area contributed by atoms with E-state index in [-0.39, 0.29) is 0 Å². The Kier molecular flexibility index (Phi) is 4.07. The molecule has 2 rings (SSSR count). The van der Waals surface area contributed by atoms with E-state index >= 15 is 0 Å². The highest BCUT2D eigenvalue weighted by Gasteiger charge is 1.98.